The molecule has 0 amide bonds. The highest BCUT2D eigenvalue weighted by Crippen LogP contribution is 2.30. The van der Waals surface area contributed by atoms with Crippen LogP contribution in [0.1, 0.15) is 23.7 Å². The third-order valence-corrected chi connectivity index (χ3v) is 2.69. The molecule has 0 aliphatic rings. The van der Waals surface area contributed by atoms with Crippen LogP contribution in [0.3, 0.4) is 0 Å². The molecule has 1 rings (SSSR count). The van der Waals surface area contributed by atoms with Crippen molar-refractivity contribution in [2.24, 2.45) is 0 Å². The second-order valence-corrected chi connectivity index (χ2v) is 3.95. The van der Waals surface area contributed by atoms with Crippen LogP contribution in [0.25, 0.3) is 0 Å². The van der Waals surface area contributed by atoms with Crippen LogP contribution in [0.5, 0.6) is 0 Å². The molecule has 0 saturated carbocycles. The van der Waals surface area contributed by atoms with E-state index in [1.807, 2.05) is 6.92 Å². The highest BCUT2D eigenvalue weighted by Gasteiger charge is 2.14. The van der Waals surface area contributed by atoms with Gasteiger partial charge in [0, 0.05) is 5.38 Å². The molecule has 0 spiro atoms. The lowest BCUT2D eigenvalue weighted by Crippen LogP contribution is -2.06. The van der Waals surface area contributed by atoms with Crippen molar-refractivity contribution in [2.75, 3.05) is 12.3 Å². The van der Waals surface area contributed by atoms with E-state index in [9.17, 15) is 4.79 Å². The van der Waals surface area contributed by atoms with Crippen molar-refractivity contribution in [3.05, 3.63) is 15.3 Å². The zero-order chi connectivity index (χ0) is 9.84. The first-order valence-electron chi connectivity index (χ1n) is 3.86. The number of anilines is 1. The van der Waals surface area contributed by atoms with Gasteiger partial charge in [-0.3, -0.25) is 0 Å². The van der Waals surface area contributed by atoms with Gasteiger partial charge in [0.1, 0.15) is 4.34 Å². The minimum atomic E-state index is -0.400. The predicted octanol–water partition coefficient (Wildman–Crippen LogP) is 2.55. The fraction of sp³-hybridized carbons (Fsp3) is 0.375. The predicted molar refractivity (Wildman–Crippen MR) is 54.3 cm³/mol. The van der Waals surface area contributed by atoms with E-state index in [1.54, 1.807) is 5.38 Å². The topological polar surface area (TPSA) is 52.3 Å². The lowest BCUT2D eigenvalue weighted by atomic mass is 10.3. The van der Waals surface area contributed by atoms with Gasteiger partial charge in [-0.2, -0.15) is 0 Å². The standard InChI is InChI=1S/C8H10ClNO2S/c1-2-3-12-8(11)5-4-13-7(9)6(5)10/h4H,2-3,10H2,1H3. The first-order chi connectivity index (χ1) is 6.16. The van der Waals surface area contributed by atoms with Crippen molar-refractivity contribution in [2.45, 2.75) is 13.3 Å². The van der Waals surface area contributed by atoms with Crippen molar-refractivity contribution in [1.82, 2.24) is 0 Å². The molecule has 1 aromatic rings. The van der Waals surface area contributed by atoms with Gasteiger partial charge in [0.25, 0.3) is 0 Å². The number of carbonyl (C=O) groups is 1. The molecule has 13 heavy (non-hydrogen) atoms. The maximum Gasteiger partial charge on any atom is 0.341 e. The molecular weight excluding hydrogens is 210 g/mol. The summed E-state index contributed by atoms with van der Waals surface area (Å²) in [7, 11) is 0. The SMILES string of the molecule is CCCOC(=O)c1csc(Cl)c1N. The minimum absolute atomic E-state index is 0.313. The van der Waals surface area contributed by atoms with E-state index in [1.165, 1.54) is 11.3 Å². The lowest BCUT2D eigenvalue weighted by molar-refractivity contribution is 0.0507. The number of thiophene rings is 1. The summed E-state index contributed by atoms with van der Waals surface area (Å²) in [5.74, 6) is -0.400. The molecule has 0 aromatic carbocycles. The largest absolute Gasteiger partial charge is 0.462 e. The highest BCUT2D eigenvalue weighted by molar-refractivity contribution is 7.15. The molecule has 0 atom stereocenters. The Morgan fingerprint density at radius 3 is 2.92 bits per heavy atom. The van der Waals surface area contributed by atoms with Crippen LogP contribution >= 0.6 is 22.9 Å². The van der Waals surface area contributed by atoms with Crippen molar-refractivity contribution < 1.29 is 9.53 Å². The van der Waals surface area contributed by atoms with Gasteiger partial charge in [-0.05, 0) is 6.42 Å². The lowest BCUT2D eigenvalue weighted by Gasteiger charge is -2.01. The third-order valence-electron chi connectivity index (χ3n) is 1.44. The monoisotopic (exact) mass is 219 g/mol. The van der Waals surface area contributed by atoms with Crippen LogP contribution in [-0.4, -0.2) is 12.6 Å². The van der Waals surface area contributed by atoms with Crippen molar-refractivity contribution in [1.29, 1.82) is 0 Å². The molecule has 0 radical (unpaired) electrons. The molecule has 0 bridgehead atoms. The van der Waals surface area contributed by atoms with Crippen LogP contribution in [0, 0.1) is 0 Å². The van der Waals surface area contributed by atoms with E-state index in [0.717, 1.165) is 6.42 Å². The first kappa shape index (κ1) is 10.3. The molecule has 0 fully saturated rings. The molecule has 0 aliphatic heterocycles. The average Bonchev–Trinajstić information content (AvgIpc) is 2.44. The maximum absolute atomic E-state index is 11.3. The molecule has 0 unspecified atom stereocenters. The van der Waals surface area contributed by atoms with Gasteiger partial charge in [0.15, 0.2) is 0 Å². The summed E-state index contributed by atoms with van der Waals surface area (Å²) in [4.78, 5) is 11.3. The Bertz CT molecular complexity index is 311. The second-order valence-electron chi connectivity index (χ2n) is 2.47. The summed E-state index contributed by atoms with van der Waals surface area (Å²) in [6.45, 7) is 2.34. The quantitative estimate of drug-likeness (QED) is 0.795. The summed E-state index contributed by atoms with van der Waals surface area (Å²) < 4.78 is 5.33. The molecule has 72 valence electrons. The Labute approximate surface area is 85.4 Å². The Morgan fingerprint density at radius 2 is 2.46 bits per heavy atom. The smallest absolute Gasteiger partial charge is 0.341 e. The van der Waals surface area contributed by atoms with Gasteiger partial charge >= 0.3 is 5.97 Å². The van der Waals surface area contributed by atoms with Gasteiger partial charge in [0.05, 0.1) is 17.9 Å². The number of esters is 1. The number of hydrogen-bond acceptors (Lipinski definition) is 4. The van der Waals surface area contributed by atoms with Crippen LogP contribution in [0.2, 0.25) is 4.34 Å². The number of ether oxygens (including phenoxy) is 1. The summed E-state index contributed by atoms with van der Waals surface area (Å²) in [6.07, 6.45) is 0.795. The number of nitrogen functional groups attached to an aromatic ring is 1. The van der Waals surface area contributed by atoms with Gasteiger partial charge in [-0.1, -0.05) is 18.5 Å². The van der Waals surface area contributed by atoms with E-state index >= 15 is 0 Å². The number of carbonyl (C=O) groups excluding carboxylic acids is 1. The van der Waals surface area contributed by atoms with Crippen molar-refractivity contribution in [3.8, 4) is 0 Å². The van der Waals surface area contributed by atoms with E-state index < -0.39 is 5.97 Å². The van der Waals surface area contributed by atoms with Crippen molar-refractivity contribution in [3.63, 3.8) is 0 Å². The van der Waals surface area contributed by atoms with Crippen LogP contribution in [0.4, 0.5) is 5.69 Å². The van der Waals surface area contributed by atoms with E-state index in [2.05, 4.69) is 0 Å². The van der Waals surface area contributed by atoms with Crippen LogP contribution < -0.4 is 5.73 Å². The molecule has 3 nitrogen and oxygen atoms in total. The number of nitrogens with two attached hydrogens (primary N) is 1. The molecule has 2 N–H and O–H groups in total. The normalized spacial score (nSPS) is 10.0. The van der Waals surface area contributed by atoms with E-state index in [4.69, 9.17) is 22.1 Å². The minimum Gasteiger partial charge on any atom is -0.462 e. The van der Waals surface area contributed by atoms with Crippen LogP contribution in [0.15, 0.2) is 5.38 Å². The molecule has 1 aromatic heterocycles. The molecule has 0 saturated heterocycles. The molecular formula is C8H10ClNO2S. The van der Waals surface area contributed by atoms with Crippen molar-refractivity contribution >= 4 is 34.6 Å². The van der Waals surface area contributed by atoms with Gasteiger partial charge in [0.2, 0.25) is 0 Å². The molecule has 0 aliphatic carbocycles. The Morgan fingerprint density at radius 1 is 1.77 bits per heavy atom. The molecule has 1 heterocycles. The maximum atomic E-state index is 11.3. The number of hydrogen-bond donors (Lipinski definition) is 1. The average molecular weight is 220 g/mol. The van der Waals surface area contributed by atoms with Crippen LogP contribution in [-0.2, 0) is 4.74 Å². The second kappa shape index (κ2) is 4.48. The van der Waals surface area contributed by atoms with Gasteiger partial charge in [-0.15, -0.1) is 11.3 Å². The van der Waals surface area contributed by atoms with Gasteiger partial charge < -0.3 is 10.5 Å². The zero-order valence-electron chi connectivity index (χ0n) is 7.17. The Kier molecular flexibility index (Phi) is 3.57. The number of halogens is 1. The zero-order valence-corrected chi connectivity index (χ0v) is 8.74. The van der Waals surface area contributed by atoms with E-state index in [0.29, 0.717) is 22.2 Å². The summed E-state index contributed by atoms with van der Waals surface area (Å²) >= 11 is 6.93. The Balaban J connectivity index is 2.71. The fourth-order valence-electron chi connectivity index (χ4n) is 0.774. The summed E-state index contributed by atoms with van der Waals surface area (Å²) in [5, 5.41) is 1.61. The summed E-state index contributed by atoms with van der Waals surface area (Å²) in [5.41, 5.74) is 6.23. The molecule has 5 heteroatoms. The first-order valence-corrected chi connectivity index (χ1v) is 5.12. The third kappa shape index (κ3) is 2.35. The van der Waals surface area contributed by atoms with E-state index in [-0.39, 0.29) is 0 Å². The fourth-order valence-corrected chi connectivity index (χ4v) is 1.69. The van der Waals surface area contributed by atoms with Gasteiger partial charge in [-0.25, -0.2) is 4.79 Å². The summed E-state index contributed by atoms with van der Waals surface area (Å²) in [6, 6.07) is 0. The Hall–Kier alpha value is -0.740. The highest BCUT2D eigenvalue weighted by atomic mass is 35.5. The number of rotatable bonds is 3.